The molecule has 0 spiro atoms. The second-order valence-electron chi connectivity index (χ2n) is 4.75. The van der Waals surface area contributed by atoms with Gasteiger partial charge in [-0.1, -0.05) is 0 Å². The molecule has 0 aromatic carbocycles. The predicted octanol–water partition coefficient (Wildman–Crippen LogP) is -0.418. The zero-order chi connectivity index (χ0) is 14.9. The summed E-state index contributed by atoms with van der Waals surface area (Å²) in [5, 5.41) is 2.29. The summed E-state index contributed by atoms with van der Waals surface area (Å²) in [6.07, 6.45) is -0.529. The molecule has 0 aliphatic heterocycles. The molecule has 0 aliphatic rings. The molecule has 0 unspecified atom stereocenters. The summed E-state index contributed by atoms with van der Waals surface area (Å²) in [5.74, 6) is 0. The fourth-order valence-corrected chi connectivity index (χ4v) is 2.29. The summed E-state index contributed by atoms with van der Waals surface area (Å²) in [5.41, 5.74) is -0.534. The van der Waals surface area contributed by atoms with E-state index >= 15 is 0 Å². The van der Waals surface area contributed by atoms with Gasteiger partial charge in [-0.05, 0) is 20.8 Å². The third-order valence-electron chi connectivity index (χ3n) is 1.64. The van der Waals surface area contributed by atoms with E-state index in [2.05, 4.69) is 19.5 Å². The maximum Gasteiger partial charge on any atom is 0.406 e. The largest absolute Gasteiger partial charge is 0.447 e. The van der Waals surface area contributed by atoms with E-state index in [9.17, 15) is 13.2 Å². The quantitative estimate of drug-likeness (QED) is 0.528. The topological polar surface area (TPSA) is 106 Å². The first-order valence-electron chi connectivity index (χ1n) is 5.87. The predicted molar refractivity (Wildman–Crippen MR) is 71.0 cm³/mol. The summed E-state index contributed by atoms with van der Waals surface area (Å²) < 4.78 is 37.6. The van der Waals surface area contributed by atoms with Crippen molar-refractivity contribution >= 4 is 16.3 Å². The molecular formula is C10H23N3O5S. The zero-order valence-corrected chi connectivity index (χ0v) is 12.6. The average Bonchev–Trinajstić information content (AvgIpc) is 2.23. The number of ether oxygens (including phenoxy) is 2. The maximum atomic E-state index is 11.5. The number of nitrogens with one attached hydrogen (secondary N) is 3. The molecule has 0 rings (SSSR count). The van der Waals surface area contributed by atoms with Crippen LogP contribution in [-0.4, -0.2) is 53.5 Å². The Morgan fingerprint density at radius 1 is 1.16 bits per heavy atom. The smallest absolute Gasteiger partial charge is 0.406 e. The van der Waals surface area contributed by atoms with Crippen molar-refractivity contribution in [1.82, 2.24) is 14.8 Å². The lowest BCUT2D eigenvalue weighted by atomic mass is 10.1. The van der Waals surface area contributed by atoms with Crippen molar-refractivity contribution in [3.05, 3.63) is 0 Å². The molecule has 9 heteroatoms. The molecule has 0 fully saturated rings. The molecule has 0 bridgehead atoms. The third kappa shape index (κ3) is 11.9. The van der Waals surface area contributed by atoms with Crippen LogP contribution in [0.1, 0.15) is 20.8 Å². The van der Waals surface area contributed by atoms with E-state index < -0.39 is 21.8 Å². The summed E-state index contributed by atoms with van der Waals surface area (Å²) >= 11 is 0. The Kier molecular flexibility index (Phi) is 7.91. The van der Waals surface area contributed by atoms with E-state index in [1.807, 2.05) is 0 Å². The summed E-state index contributed by atoms with van der Waals surface area (Å²) in [7, 11) is -2.07. The second-order valence-corrected chi connectivity index (χ2v) is 6.25. The van der Waals surface area contributed by atoms with E-state index in [0.717, 1.165) is 0 Å². The van der Waals surface area contributed by atoms with Crippen molar-refractivity contribution in [3.8, 4) is 0 Å². The number of rotatable bonds is 8. The van der Waals surface area contributed by atoms with Gasteiger partial charge in [0.15, 0.2) is 0 Å². The maximum absolute atomic E-state index is 11.5. The van der Waals surface area contributed by atoms with Crippen molar-refractivity contribution in [1.29, 1.82) is 0 Å². The van der Waals surface area contributed by atoms with E-state index in [0.29, 0.717) is 0 Å². The van der Waals surface area contributed by atoms with Crippen LogP contribution in [0.15, 0.2) is 0 Å². The monoisotopic (exact) mass is 297 g/mol. The highest BCUT2D eigenvalue weighted by atomic mass is 32.2. The molecule has 0 heterocycles. The van der Waals surface area contributed by atoms with Gasteiger partial charge >= 0.3 is 6.09 Å². The average molecular weight is 297 g/mol. The van der Waals surface area contributed by atoms with Gasteiger partial charge in [0.2, 0.25) is 0 Å². The molecule has 8 nitrogen and oxygen atoms in total. The minimum Gasteiger partial charge on any atom is -0.447 e. The van der Waals surface area contributed by atoms with Crippen LogP contribution in [0.4, 0.5) is 4.79 Å². The van der Waals surface area contributed by atoms with E-state index in [-0.39, 0.29) is 26.4 Å². The molecule has 0 saturated heterocycles. The summed E-state index contributed by atoms with van der Waals surface area (Å²) in [6.45, 7) is 5.92. The minimum absolute atomic E-state index is 0.118. The molecular weight excluding hydrogens is 274 g/mol. The molecule has 114 valence electrons. The SMILES string of the molecule is CNC(=O)OCCOCCNS(=O)(=O)NC(C)(C)C. The van der Waals surface area contributed by atoms with Gasteiger partial charge in [-0.15, -0.1) is 0 Å². The fourth-order valence-electron chi connectivity index (χ4n) is 1.05. The Bertz CT molecular complexity index is 364. The Balaban J connectivity index is 3.62. The minimum atomic E-state index is -3.52. The van der Waals surface area contributed by atoms with Gasteiger partial charge in [-0.3, -0.25) is 0 Å². The highest BCUT2D eigenvalue weighted by Gasteiger charge is 2.18. The molecule has 0 aliphatic carbocycles. The standard InChI is InChI=1S/C10H23N3O5S/c1-10(2,3)13-19(15,16)12-5-6-17-7-8-18-9(14)11-4/h12-13H,5-8H2,1-4H3,(H,11,14). The van der Waals surface area contributed by atoms with Gasteiger partial charge in [0, 0.05) is 19.1 Å². The number of carbonyl (C=O) groups is 1. The molecule has 0 aromatic rings. The highest BCUT2D eigenvalue weighted by molar-refractivity contribution is 7.87. The van der Waals surface area contributed by atoms with Gasteiger partial charge in [0.05, 0.1) is 13.2 Å². The molecule has 0 aromatic heterocycles. The van der Waals surface area contributed by atoms with Crippen molar-refractivity contribution in [2.45, 2.75) is 26.3 Å². The van der Waals surface area contributed by atoms with E-state index in [1.54, 1.807) is 20.8 Å². The van der Waals surface area contributed by atoms with Crippen molar-refractivity contribution in [2.75, 3.05) is 33.4 Å². The van der Waals surface area contributed by atoms with Crippen LogP contribution < -0.4 is 14.8 Å². The second kappa shape index (κ2) is 8.31. The Hall–Kier alpha value is -0.900. The van der Waals surface area contributed by atoms with Crippen LogP contribution in [0.5, 0.6) is 0 Å². The Labute approximate surface area is 114 Å². The first kappa shape index (κ1) is 18.1. The Morgan fingerprint density at radius 2 is 1.79 bits per heavy atom. The van der Waals surface area contributed by atoms with Crippen LogP contribution in [0.3, 0.4) is 0 Å². The van der Waals surface area contributed by atoms with Crippen LogP contribution in [0.25, 0.3) is 0 Å². The molecule has 0 saturated carbocycles. The van der Waals surface area contributed by atoms with Crippen LogP contribution in [0.2, 0.25) is 0 Å². The lowest BCUT2D eigenvalue weighted by molar-refractivity contribution is 0.0762. The van der Waals surface area contributed by atoms with Gasteiger partial charge in [-0.2, -0.15) is 17.9 Å². The van der Waals surface area contributed by atoms with Gasteiger partial charge in [0.25, 0.3) is 10.2 Å². The lowest BCUT2D eigenvalue weighted by Crippen LogP contribution is -2.47. The Morgan fingerprint density at radius 3 is 2.32 bits per heavy atom. The molecule has 19 heavy (non-hydrogen) atoms. The van der Waals surface area contributed by atoms with Crippen molar-refractivity contribution in [3.63, 3.8) is 0 Å². The number of carbonyl (C=O) groups excluding carboxylic acids is 1. The first-order chi connectivity index (χ1) is 8.66. The van der Waals surface area contributed by atoms with Crippen LogP contribution >= 0.6 is 0 Å². The van der Waals surface area contributed by atoms with Crippen LogP contribution in [0, 0.1) is 0 Å². The molecule has 0 atom stereocenters. The zero-order valence-electron chi connectivity index (χ0n) is 11.8. The van der Waals surface area contributed by atoms with Gasteiger partial charge in [-0.25, -0.2) is 4.79 Å². The number of hydrogen-bond donors (Lipinski definition) is 3. The number of alkyl carbamates (subject to hydrolysis) is 1. The molecule has 0 radical (unpaired) electrons. The summed E-state index contributed by atoms with van der Waals surface area (Å²) in [4.78, 5) is 10.7. The molecule has 1 amide bonds. The third-order valence-corrected chi connectivity index (χ3v) is 3.11. The molecule has 3 N–H and O–H groups in total. The van der Waals surface area contributed by atoms with Gasteiger partial charge < -0.3 is 14.8 Å². The van der Waals surface area contributed by atoms with E-state index in [1.165, 1.54) is 7.05 Å². The lowest BCUT2D eigenvalue weighted by Gasteiger charge is -2.20. The summed E-state index contributed by atoms with van der Waals surface area (Å²) in [6, 6.07) is 0. The van der Waals surface area contributed by atoms with Gasteiger partial charge in [0.1, 0.15) is 6.61 Å². The van der Waals surface area contributed by atoms with Crippen molar-refractivity contribution in [2.24, 2.45) is 0 Å². The number of amides is 1. The normalized spacial score (nSPS) is 12.2. The highest BCUT2D eigenvalue weighted by Crippen LogP contribution is 1.99. The number of hydrogen-bond acceptors (Lipinski definition) is 5. The first-order valence-corrected chi connectivity index (χ1v) is 7.35. The van der Waals surface area contributed by atoms with Crippen molar-refractivity contribution < 1.29 is 22.7 Å². The van der Waals surface area contributed by atoms with E-state index in [4.69, 9.17) is 4.74 Å². The fraction of sp³-hybridized carbons (Fsp3) is 0.900. The van der Waals surface area contributed by atoms with Crippen LogP contribution in [-0.2, 0) is 19.7 Å².